The number of hydrogen-bond acceptors (Lipinski definition) is 3. The van der Waals surface area contributed by atoms with Gasteiger partial charge >= 0.3 is 0 Å². The van der Waals surface area contributed by atoms with E-state index in [1.54, 1.807) is 7.11 Å². The van der Waals surface area contributed by atoms with Crippen LogP contribution in [0.25, 0.3) is 0 Å². The van der Waals surface area contributed by atoms with Gasteiger partial charge in [0, 0.05) is 29.4 Å². The molecule has 0 bridgehead atoms. The fourth-order valence-electron chi connectivity index (χ4n) is 2.28. The number of carbonyl (C=O) groups excluding carboxylic acids is 1. The van der Waals surface area contributed by atoms with Crippen molar-refractivity contribution >= 4 is 39.9 Å². The van der Waals surface area contributed by atoms with Crippen LogP contribution in [0.5, 0.6) is 0 Å². The molecule has 6 heteroatoms. The predicted molar refractivity (Wildman–Crippen MR) is 86.3 cm³/mol. The first-order chi connectivity index (χ1) is 9.22. The Balaban J connectivity index is 0.00000200. The lowest BCUT2D eigenvalue weighted by Crippen LogP contribution is -2.37. The van der Waals surface area contributed by atoms with Gasteiger partial charge in [-0.05, 0) is 31.5 Å². The molecule has 1 saturated heterocycles. The molecule has 0 saturated carbocycles. The van der Waals surface area contributed by atoms with Crippen LogP contribution in [0.15, 0.2) is 22.7 Å². The summed E-state index contributed by atoms with van der Waals surface area (Å²) < 4.78 is 6.14. The van der Waals surface area contributed by atoms with Crippen molar-refractivity contribution in [2.45, 2.75) is 19.4 Å². The highest BCUT2D eigenvalue weighted by Gasteiger charge is 2.21. The van der Waals surface area contributed by atoms with E-state index in [9.17, 15) is 4.79 Å². The first-order valence-corrected chi connectivity index (χ1v) is 7.29. The molecule has 0 spiro atoms. The van der Waals surface area contributed by atoms with Gasteiger partial charge in [0.2, 0.25) is 5.91 Å². The highest BCUT2D eigenvalue weighted by Crippen LogP contribution is 2.26. The topological polar surface area (TPSA) is 50.4 Å². The molecular formula is C14H20BrClN2O2. The number of halogens is 2. The molecule has 2 N–H and O–H groups in total. The number of methoxy groups -OCH3 is 1. The molecule has 1 aromatic carbocycles. The van der Waals surface area contributed by atoms with Crippen LogP contribution < -0.4 is 10.6 Å². The predicted octanol–water partition coefficient (Wildman–Crippen LogP) is 2.96. The standard InChI is InChI=1S/C14H19BrN2O2.ClH/c1-19-9-11-12(15)5-2-6-13(11)17-14(18)10-4-3-7-16-8-10;/h2,5-6,10,16H,3-4,7-9H2,1H3,(H,17,18);1H/t10-;/m1./s1. The van der Waals surface area contributed by atoms with Gasteiger partial charge in [-0.3, -0.25) is 4.79 Å². The zero-order chi connectivity index (χ0) is 13.7. The minimum absolute atomic E-state index is 0. The lowest BCUT2D eigenvalue weighted by molar-refractivity contribution is -0.120. The molecule has 1 atom stereocenters. The maximum Gasteiger partial charge on any atom is 0.228 e. The molecule has 0 aromatic heterocycles. The second kappa shape index (κ2) is 8.62. The van der Waals surface area contributed by atoms with E-state index in [4.69, 9.17) is 4.74 Å². The first kappa shape index (κ1) is 17.4. The smallest absolute Gasteiger partial charge is 0.228 e. The van der Waals surface area contributed by atoms with E-state index in [2.05, 4.69) is 26.6 Å². The summed E-state index contributed by atoms with van der Waals surface area (Å²) in [4.78, 5) is 12.2. The van der Waals surface area contributed by atoms with Crippen LogP contribution in [0.4, 0.5) is 5.69 Å². The van der Waals surface area contributed by atoms with E-state index in [-0.39, 0.29) is 24.2 Å². The summed E-state index contributed by atoms with van der Waals surface area (Å²) in [5.74, 6) is 0.144. The molecule has 4 nitrogen and oxygen atoms in total. The Morgan fingerprint density at radius 3 is 3.00 bits per heavy atom. The van der Waals surface area contributed by atoms with Gasteiger partial charge < -0.3 is 15.4 Å². The zero-order valence-electron chi connectivity index (χ0n) is 11.4. The molecule has 1 aliphatic rings. The van der Waals surface area contributed by atoms with Crippen molar-refractivity contribution < 1.29 is 9.53 Å². The van der Waals surface area contributed by atoms with Gasteiger partial charge in [-0.2, -0.15) is 0 Å². The molecule has 1 heterocycles. The lowest BCUT2D eigenvalue weighted by Gasteiger charge is -2.22. The Morgan fingerprint density at radius 2 is 2.35 bits per heavy atom. The summed E-state index contributed by atoms with van der Waals surface area (Å²) in [5.41, 5.74) is 1.80. The average molecular weight is 364 g/mol. The SMILES string of the molecule is COCc1c(Br)cccc1NC(=O)[C@@H]1CCCNC1.Cl. The Labute approximate surface area is 134 Å². The van der Waals surface area contributed by atoms with E-state index in [1.165, 1.54) is 0 Å². The number of amides is 1. The molecule has 1 fully saturated rings. The summed E-state index contributed by atoms with van der Waals surface area (Å²) in [7, 11) is 1.65. The summed E-state index contributed by atoms with van der Waals surface area (Å²) in [6, 6.07) is 5.78. The van der Waals surface area contributed by atoms with Gasteiger partial charge in [-0.25, -0.2) is 0 Å². The molecule has 0 unspecified atom stereocenters. The van der Waals surface area contributed by atoms with Crippen LogP contribution >= 0.6 is 28.3 Å². The van der Waals surface area contributed by atoms with Gasteiger partial charge in [-0.1, -0.05) is 22.0 Å². The van der Waals surface area contributed by atoms with Crippen molar-refractivity contribution in [1.82, 2.24) is 5.32 Å². The van der Waals surface area contributed by atoms with Crippen molar-refractivity contribution in [2.75, 3.05) is 25.5 Å². The highest BCUT2D eigenvalue weighted by atomic mass is 79.9. The summed E-state index contributed by atoms with van der Waals surface area (Å²) in [6.07, 6.45) is 2.01. The fourth-order valence-corrected chi connectivity index (χ4v) is 2.76. The molecule has 1 aliphatic heterocycles. The normalized spacial score (nSPS) is 18.2. The van der Waals surface area contributed by atoms with Gasteiger partial charge in [0.1, 0.15) is 0 Å². The summed E-state index contributed by atoms with van der Waals surface area (Å²) >= 11 is 3.49. The monoisotopic (exact) mass is 362 g/mol. The van der Waals surface area contributed by atoms with Crippen LogP contribution in [-0.2, 0) is 16.1 Å². The van der Waals surface area contributed by atoms with Crippen LogP contribution in [0.1, 0.15) is 18.4 Å². The molecule has 112 valence electrons. The third kappa shape index (κ3) is 4.45. The van der Waals surface area contributed by atoms with Gasteiger partial charge in [0.05, 0.1) is 12.5 Å². The number of nitrogens with one attached hydrogen (secondary N) is 2. The molecule has 0 aliphatic carbocycles. The van der Waals surface area contributed by atoms with Crippen molar-refractivity contribution in [2.24, 2.45) is 5.92 Å². The van der Waals surface area contributed by atoms with Crippen molar-refractivity contribution in [3.05, 3.63) is 28.2 Å². The van der Waals surface area contributed by atoms with E-state index in [0.29, 0.717) is 6.61 Å². The lowest BCUT2D eigenvalue weighted by atomic mass is 9.98. The van der Waals surface area contributed by atoms with Crippen molar-refractivity contribution in [3.63, 3.8) is 0 Å². The molecule has 2 rings (SSSR count). The summed E-state index contributed by atoms with van der Waals surface area (Å²) in [5, 5.41) is 6.27. The molecule has 20 heavy (non-hydrogen) atoms. The van der Waals surface area contributed by atoms with Crippen LogP contribution in [0, 0.1) is 5.92 Å². The number of hydrogen-bond donors (Lipinski definition) is 2. The summed E-state index contributed by atoms with van der Waals surface area (Å²) in [6.45, 7) is 2.25. The number of anilines is 1. The van der Waals surface area contributed by atoms with Gasteiger partial charge in [0.15, 0.2) is 0 Å². The van der Waals surface area contributed by atoms with Crippen molar-refractivity contribution in [3.8, 4) is 0 Å². The minimum Gasteiger partial charge on any atom is -0.380 e. The number of benzene rings is 1. The first-order valence-electron chi connectivity index (χ1n) is 6.50. The van der Waals surface area contributed by atoms with E-state index < -0.39 is 0 Å². The maximum atomic E-state index is 12.2. The Bertz CT molecular complexity index is 451. The number of ether oxygens (including phenoxy) is 1. The number of piperidine rings is 1. The Hall–Kier alpha value is -0.620. The van der Waals surface area contributed by atoms with Crippen LogP contribution in [0.2, 0.25) is 0 Å². The van der Waals surface area contributed by atoms with Crippen LogP contribution in [0.3, 0.4) is 0 Å². The largest absolute Gasteiger partial charge is 0.380 e. The van der Waals surface area contributed by atoms with E-state index >= 15 is 0 Å². The quantitative estimate of drug-likeness (QED) is 0.865. The van der Waals surface area contributed by atoms with Crippen LogP contribution in [-0.4, -0.2) is 26.1 Å². The van der Waals surface area contributed by atoms with Gasteiger partial charge in [-0.15, -0.1) is 12.4 Å². The Morgan fingerprint density at radius 1 is 1.55 bits per heavy atom. The highest BCUT2D eigenvalue weighted by molar-refractivity contribution is 9.10. The average Bonchev–Trinajstić information content (AvgIpc) is 2.43. The molecule has 1 amide bonds. The number of rotatable bonds is 4. The second-order valence-corrected chi connectivity index (χ2v) is 5.59. The number of carbonyl (C=O) groups is 1. The van der Waals surface area contributed by atoms with Crippen molar-refractivity contribution in [1.29, 1.82) is 0 Å². The molecular weight excluding hydrogens is 344 g/mol. The molecule has 0 radical (unpaired) electrons. The minimum atomic E-state index is 0. The second-order valence-electron chi connectivity index (χ2n) is 4.73. The Kier molecular flexibility index (Phi) is 7.51. The van der Waals surface area contributed by atoms with E-state index in [0.717, 1.165) is 41.7 Å². The van der Waals surface area contributed by atoms with E-state index in [1.807, 2.05) is 18.2 Å². The fraction of sp³-hybridized carbons (Fsp3) is 0.500. The molecule has 1 aromatic rings. The van der Waals surface area contributed by atoms with Gasteiger partial charge in [0.25, 0.3) is 0 Å². The third-order valence-corrected chi connectivity index (χ3v) is 4.08. The maximum absolute atomic E-state index is 12.2. The zero-order valence-corrected chi connectivity index (χ0v) is 13.9. The third-order valence-electron chi connectivity index (χ3n) is 3.33.